The quantitative estimate of drug-likeness (QED) is 0.593. The van der Waals surface area contributed by atoms with E-state index >= 15 is 0 Å². The Hall–Kier alpha value is -1.54. The number of thiophene rings is 1. The van der Waals surface area contributed by atoms with Crippen LogP contribution in [0.4, 0.5) is 11.4 Å². The summed E-state index contributed by atoms with van der Waals surface area (Å²) in [5.41, 5.74) is 2.54. The van der Waals surface area contributed by atoms with Crippen molar-refractivity contribution in [1.29, 1.82) is 0 Å². The second-order valence-electron chi connectivity index (χ2n) is 6.11. The summed E-state index contributed by atoms with van der Waals surface area (Å²) in [6.07, 6.45) is 0.255. The second kappa shape index (κ2) is 8.65. The summed E-state index contributed by atoms with van der Waals surface area (Å²) in [4.78, 5) is 20.4. The highest BCUT2D eigenvalue weighted by atomic mass is 35.5. The highest BCUT2D eigenvalue weighted by Gasteiger charge is 2.15. The number of hydrogen-bond acceptors (Lipinski definition) is 6. The third kappa shape index (κ3) is 4.66. The number of nitrogens with zero attached hydrogens (tertiary/aromatic N) is 2. The van der Waals surface area contributed by atoms with Gasteiger partial charge < -0.3 is 10.2 Å². The molecule has 1 amide bonds. The molecule has 3 aromatic rings. The van der Waals surface area contributed by atoms with E-state index in [1.54, 1.807) is 22.7 Å². The lowest BCUT2D eigenvalue weighted by Crippen LogP contribution is -2.32. The Morgan fingerprint density at radius 1 is 1.22 bits per heavy atom. The number of thiazole rings is 1. The number of amides is 1. The van der Waals surface area contributed by atoms with Crippen LogP contribution in [-0.2, 0) is 11.2 Å². The van der Waals surface area contributed by atoms with E-state index in [2.05, 4.69) is 15.2 Å². The van der Waals surface area contributed by atoms with Gasteiger partial charge in [0.1, 0.15) is 5.01 Å². The first-order valence-corrected chi connectivity index (χ1v) is 11.9. The molecule has 0 aliphatic carbocycles. The Balaban J connectivity index is 1.38. The number of carbonyl (C=O) groups is 1. The van der Waals surface area contributed by atoms with Crippen LogP contribution in [0.2, 0.25) is 5.02 Å². The molecule has 27 heavy (non-hydrogen) atoms. The highest BCUT2D eigenvalue weighted by molar-refractivity contribution is 7.99. The van der Waals surface area contributed by atoms with Crippen LogP contribution in [0.1, 0.15) is 5.69 Å². The lowest BCUT2D eigenvalue weighted by Gasteiger charge is -2.29. The van der Waals surface area contributed by atoms with Gasteiger partial charge in [0.2, 0.25) is 5.91 Å². The molecule has 8 heteroatoms. The fourth-order valence-corrected chi connectivity index (χ4v) is 5.75. The maximum Gasteiger partial charge on any atom is 0.230 e. The number of anilines is 2. The van der Waals surface area contributed by atoms with Gasteiger partial charge in [-0.3, -0.25) is 4.79 Å². The molecule has 1 aliphatic rings. The van der Waals surface area contributed by atoms with Crippen LogP contribution < -0.4 is 10.2 Å². The third-order valence-corrected chi connectivity index (χ3v) is 7.38. The predicted molar refractivity (Wildman–Crippen MR) is 119 cm³/mol. The number of carbonyl (C=O) groups excluding carboxylic acids is 1. The Bertz CT molecular complexity index is 920. The molecule has 0 saturated carbocycles. The Kier molecular flexibility index (Phi) is 6.02. The number of rotatable bonds is 5. The average molecular weight is 436 g/mol. The zero-order valence-electron chi connectivity index (χ0n) is 14.5. The van der Waals surface area contributed by atoms with Gasteiger partial charge in [-0.15, -0.1) is 22.7 Å². The van der Waals surface area contributed by atoms with E-state index in [1.165, 1.54) is 0 Å². The minimum absolute atomic E-state index is 0.0868. The molecule has 1 fully saturated rings. The summed E-state index contributed by atoms with van der Waals surface area (Å²) in [5.74, 6) is 2.16. The van der Waals surface area contributed by atoms with E-state index in [4.69, 9.17) is 11.6 Å². The van der Waals surface area contributed by atoms with Crippen molar-refractivity contribution in [2.45, 2.75) is 6.42 Å². The number of halogens is 1. The number of nitrogens with one attached hydrogen (secondary N) is 1. The zero-order chi connectivity index (χ0) is 18.6. The first-order valence-electron chi connectivity index (χ1n) is 8.59. The second-order valence-corrected chi connectivity index (χ2v) is 9.55. The standard InChI is InChI=1S/C19H18ClN3OS3/c20-15-10-13(3-4-16(15)23-5-8-25-9-6-23)21-18(24)11-14-12-27-19(22-14)17-2-1-7-26-17/h1-4,7,10,12H,5-6,8-9,11H2,(H,21,24). The smallest absolute Gasteiger partial charge is 0.230 e. The summed E-state index contributed by atoms with van der Waals surface area (Å²) in [6, 6.07) is 9.78. The number of hydrogen-bond donors (Lipinski definition) is 1. The predicted octanol–water partition coefficient (Wildman–Crippen LogP) is 5.26. The fraction of sp³-hybridized carbons (Fsp3) is 0.263. The molecule has 0 spiro atoms. The summed E-state index contributed by atoms with van der Waals surface area (Å²) in [5, 5.41) is 8.53. The van der Waals surface area contributed by atoms with E-state index in [-0.39, 0.29) is 12.3 Å². The Labute approximate surface area is 175 Å². The van der Waals surface area contributed by atoms with Crippen molar-refractivity contribution in [1.82, 2.24) is 4.98 Å². The van der Waals surface area contributed by atoms with Gasteiger partial charge >= 0.3 is 0 Å². The maximum absolute atomic E-state index is 12.4. The van der Waals surface area contributed by atoms with Crippen molar-refractivity contribution < 1.29 is 4.79 Å². The van der Waals surface area contributed by atoms with E-state index < -0.39 is 0 Å². The molecule has 1 aromatic carbocycles. The maximum atomic E-state index is 12.4. The minimum atomic E-state index is -0.0868. The minimum Gasteiger partial charge on any atom is -0.369 e. The molecule has 2 aromatic heterocycles. The van der Waals surface area contributed by atoms with Crippen molar-refractivity contribution in [2.75, 3.05) is 34.8 Å². The SMILES string of the molecule is O=C(Cc1csc(-c2cccs2)n1)Nc1ccc(N2CCSCC2)c(Cl)c1. The summed E-state index contributed by atoms with van der Waals surface area (Å²) >= 11 is 11.6. The van der Waals surface area contributed by atoms with Crippen molar-refractivity contribution in [3.05, 3.63) is 51.8 Å². The molecule has 0 atom stereocenters. The van der Waals surface area contributed by atoms with Crippen LogP contribution in [0.25, 0.3) is 9.88 Å². The molecule has 1 aliphatic heterocycles. The molecule has 0 bridgehead atoms. The number of benzene rings is 1. The molecule has 3 heterocycles. The molecule has 4 nitrogen and oxygen atoms in total. The summed E-state index contributed by atoms with van der Waals surface area (Å²) in [7, 11) is 0. The summed E-state index contributed by atoms with van der Waals surface area (Å²) in [6.45, 7) is 2.01. The average Bonchev–Trinajstić information content (AvgIpc) is 3.34. The number of aromatic nitrogens is 1. The van der Waals surface area contributed by atoms with Crippen LogP contribution in [0.15, 0.2) is 41.1 Å². The first-order chi connectivity index (χ1) is 13.2. The Morgan fingerprint density at radius 2 is 2.07 bits per heavy atom. The van der Waals surface area contributed by atoms with Crippen LogP contribution in [0.5, 0.6) is 0 Å². The molecule has 4 rings (SSSR count). The van der Waals surface area contributed by atoms with Crippen LogP contribution in [0, 0.1) is 0 Å². The molecule has 1 saturated heterocycles. The first kappa shape index (κ1) is 18.8. The highest BCUT2D eigenvalue weighted by Crippen LogP contribution is 2.31. The van der Waals surface area contributed by atoms with Gasteiger partial charge in [0, 0.05) is 35.7 Å². The zero-order valence-corrected chi connectivity index (χ0v) is 17.7. The van der Waals surface area contributed by atoms with Gasteiger partial charge in [-0.05, 0) is 29.6 Å². The molecule has 0 radical (unpaired) electrons. The van der Waals surface area contributed by atoms with Gasteiger partial charge in [0.25, 0.3) is 0 Å². The lowest BCUT2D eigenvalue weighted by molar-refractivity contribution is -0.115. The molecular formula is C19H18ClN3OS3. The van der Waals surface area contributed by atoms with Crippen molar-refractivity contribution in [2.24, 2.45) is 0 Å². The van der Waals surface area contributed by atoms with Crippen molar-refractivity contribution >= 4 is 63.3 Å². The van der Waals surface area contributed by atoms with Crippen LogP contribution in [0.3, 0.4) is 0 Å². The number of thioether (sulfide) groups is 1. The molecular weight excluding hydrogens is 418 g/mol. The van der Waals surface area contributed by atoms with Gasteiger partial charge in [-0.25, -0.2) is 4.98 Å². The van der Waals surface area contributed by atoms with Crippen molar-refractivity contribution in [3.8, 4) is 9.88 Å². The van der Waals surface area contributed by atoms with Gasteiger partial charge in [-0.2, -0.15) is 11.8 Å². The molecule has 0 unspecified atom stereocenters. The van der Waals surface area contributed by atoms with E-state index in [9.17, 15) is 4.79 Å². The third-order valence-electron chi connectivity index (χ3n) is 4.21. The van der Waals surface area contributed by atoms with E-state index in [0.717, 1.165) is 45.9 Å². The largest absolute Gasteiger partial charge is 0.369 e. The lowest BCUT2D eigenvalue weighted by atomic mass is 10.2. The normalized spacial score (nSPS) is 14.3. The van der Waals surface area contributed by atoms with Gasteiger partial charge in [0.05, 0.1) is 27.7 Å². The molecule has 1 N–H and O–H groups in total. The topological polar surface area (TPSA) is 45.2 Å². The van der Waals surface area contributed by atoms with Gasteiger partial charge in [0.15, 0.2) is 0 Å². The van der Waals surface area contributed by atoms with Crippen LogP contribution in [-0.4, -0.2) is 35.5 Å². The van der Waals surface area contributed by atoms with Crippen molar-refractivity contribution in [3.63, 3.8) is 0 Å². The molecule has 140 valence electrons. The monoisotopic (exact) mass is 435 g/mol. The van der Waals surface area contributed by atoms with Gasteiger partial charge in [-0.1, -0.05) is 17.7 Å². The van der Waals surface area contributed by atoms with Crippen LogP contribution >= 0.6 is 46.0 Å². The Morgan fingerprint density at radius 3 is 2.81 bits per heavy atom. The van der Waals surface area contributed by atoms with E-state index in [0.29, 0.717) is 10.7 Å². The van der Waals surface area contributed by atoms with E-state index in [1.807, 2.05) is 52.9 Å². The fourth-order valence-electron chi connectivity index (χ4n) is 2.92. The summed E-state index contributed by atoms with van der Waals surface area (Å²) < 4.78 is 0.